The van der Waals surface area contributed by atoms with E-state index in [9.17, 15) is 10.1 Å². The number of nitrogens with one attached hydrogen (secondary N) is 2. The van der Waals surface area contributed by atoms with E-state index in [4.69, 9.17) is 9.47 Å². The van der Waals surface area contributed by atoms with Crippen LogP contribution in [0.4, 0.5) is 0 Å². The fourth-order valence-electron chi connectivity index (χ4n) is 2.32. The summed E-state index contributed by atoms with van der Waals surface area (Å²) in [6.45, 7) is 2.13. The van der Waals surface area contributed by atoms with Gasteiger partial charge in [-0.25, -0.2) is 15.1 Å². The third-order valence-electron chi connectivity index (χ3n) is 3.15. The van der Waals surface area contributed by atoms with Gasteiger partial charge in [0, 0.05) is 6.20 Å². The van der Waals surface area contributed by atoms with Gasteiger partial charge in [-0.3, -0.25) is 0 Å². The van der Waals surface area contributed by atoms with Gasteiger partial charge < -0.3 is 24.7 Å². The van der Waals surface area contributed by atoms with Crippen molar-refractivity contribution in [1.29, 1.82) is 0 Å². The molecule has 0 amide bonds. The summed E-state index contributed by atoms with van der Waals surface area (Å²) in [5, 5.41) is 16.1. The fraction of sp³-hybridized carbons (Fsp3) is 0.600. The van der Waals surface area contributed by atoms with Crippen molar-refractivity contribution in [3.63, 3.8) is 0 Å². The van der Waals surface area contributed by atoms with Gasteiger partial charge in [0.05, 0.1) is 44.9 Å². The van der Waals surface area contributed by atoms with Crippen molar-refractivity contribution in [2.75, 3.05) is 26.3 Å². The van der Waals surface area contributed by atoms with E-state index in [1.165, 1.54) is 0 Å². The number of rotatable bonds is 3. The molecule has 0 atom stereocenters. The second-order valence-corrected chi connectivity index (χ2v) is 4.56. The quantitative estimate of drug-likeness (QED) is 0.545. The monoisotopic (exact) mass is 282 g/mol. The van der Waals surface area contributed by atoms with Gasteiger partial charge in [-0.1, -0.05) is 0 Å². The lowest BCUT2D eigenvalue weighted by Gasteiger charge is -2.39. The van der Waals surface area contributed by atoms with Gasteiger partial charge in [-0.15, -0.1) is 0 Å². The minimum atomic E-state index is -0.768. The molecule has 0 saturated carbocycles. The van der Waals surface area contributed by atoms with Crippen molar-refractivity contribution in [3.05, 3.63) is 28.3 Å². The first kappa shape index (κ1) is 12.8. The molecule has 108 valence electrons. The van der Waals surface area contributed by atoms with Crippen molar-refractivity contribution in [2.45, 2.75) is 12.3 Å². The molecule has 0 radical (unpaired) electrons. The Morgan fingerprint density at radius 1 is 1.55 bits per heavy atom. The van der Waals surface area contributed by atoms with Crippen molar-refractivity contribution in [2.24, 2.45) is 5.10 Å². The topological polar surface area (TPSA) is 118 Å². The maximum Gasteiger partial charge on any atom is 0.272 e. The van der Waals surface area contributed by atoms with Crippen LogP contribution in [0.1, 0.15) is 5.69 Å². The number of nitro groups is 1. The van der Waals surface area contributed by atoms with Gasteiger partial charge in [0.15, 0.2) is 5.03 Å². The van der Waals surface area contributed by atoms with Crippen LogP contribution in [0.25, 0.3) is 0 Å². The van der Waals surface area contributed by atoms with Crippen LogP contribution >= 0.6 is 0 Å². The van der Waals surface area contributed by atoms with E-state index in [-0.39, 0.29) is 5.96 Å². The van der Waals surface area contributed by atoms with E-state index >= 15 is 0 Å². The second kappa shape index (κ2) is 5.06. The molecule has 2 aliphatic rings. The van der Waals surface area contributed by atoms with Crippen molar-refractivity contribution in [1.82, 2.24) is 20.2 Å². The number of guanidine groups is 1. The van der Waals surface area contributed by atoms with E-state index in [1.54, 1.807) is 17.4 Å². The molecule has 10 nitrogen and oxygen atoms in total. The Balaban J connectivity index is 1.80. The number of aromatic nitrogens is 2. The van der Waals surface area contributed by atoms with Crippen LogP contribution in [-0.2, 0) is 16.0 Å². The lowest BCUT2D eigenvalue weighted by Crippen LogP contribution is -2.61. The molecule has 1 aromatic heterocycles. The normalized spacial score (nSPS) is 23.2. The van der Waals surface area contributed by atoms with E-state index < -0.39 is 10.8 Å². The standard InChI is InChI=1S/C10H14N6O4/c17-16(18)14-9-12-5-10(19-1-2-20-10)6-15(9)4-8-3-11-7-13-8/h3,7H,1-2,4-6H2,(H,11,13)(H,12,14). The molecule has 1 spiro atoms. The van der Waals surface area contributed by atoms with Crippen molar-refractivity contribution < 1.29 is 14.5 Å². The first-order valence-corrected chi connectivity index (χ1v) is 6.14. The molecule has 3 rings (SSSR count). The maximum absolute atomic E-state index is 10.6. The summed E-state index contributed by atoms with van der Waals surface area (Å²) >= 11 is 0. The summed E-state index contributed by atoms with van der Waals surface area (Å²) in [5.41, 5.74) is 0.817. The Hall–Kier alpha value is -2.20. The summed E-state index contributed by atoms with van der Waals surface area (Å²) in [5.74, 6) is -0.579. The fourth-order valence-corrected chi connectivity index (χ4v) is 2.32. The SMILES string of the molecule is O=[N+]([O-])N=C1NCC2(CN1Cc1cnc[nH]1)OCCO2. The average molecular weight is 282 g/mol. The predicted octanol–water partition coefficient (Wildman–Crippen LogP) is -0.894. The summed E-state index contributed by atoms with van der Waals surface area (Å²) in [7, 11) is 0. The molecule has 1 aromatic rings. The Morgan fingerprint density at radius 3 is 3.00 bits per heavy atom. The van der Waals surface area contributed by atoms with Crippen molar-refractivity contribution >= 4 is 5.96 Å². The first-order valence-electron chi connectivity index (χ1n) is 6.14. The number of aromatic amines is 1. The molecular formula is C10H14N6O4. The highest BCUT2D eigenvalue weighted by Crippen LogP contribution is 2.24. The molecule has 3 heterocycles. The lowest BCUT2D eigenvalue weighted by atomic mass is 10.2. The molecule has 0 bridgehead atoms. The molecule has 0 aliphatic carbocycles. The lowest BCUT2D eigenvalue weighted by molar-refractivity contribution is -0.486. The highest BCUT2D eigenvalue weighted by Gasteiger charge is 2.43. The van der Waals surface area contributed by atoms with Gasteiger partial charge in [0.25, 0.3) is 5.96 Å². The van der Waals surface area contributed by atoms with Crippen LogP contribution in [0.15, 0.2) is 17.6 Å². The predicted molar refractivity (Wildman–Crippen MR) is 66.1 cm³/mol. The van der Waals surface area contributed by atoms with Crippen LogP contribution in [0.5, 0.6) is 0 Å². The Morgan fingerprint density at radius 2 is 2.35 bits per heavy atom. The number of ether oxygens (including phenoxy) is 2. The molecule has 2 N–H and O–H groups in total. The zero-order valence-corrected chi connectivity index (χ0v) is 10.6. The third kappa shape index (κ3) is 2.56. The molecule has 2 saturated heterocycles. The molecule has 2 fully saturated rings. The van der Waals surface area contributed by atoms with E-state index in [1.807, 2.05) is 0 Å². The minimum absolute atomic E-state index is 0.189. The molecule has 0 unspecified atom stereocenters. The third-order valence-corrected chi connectivity index (χ3v) is 3.15. The zero-order valence-electron chi connectivity index (χ0n) is 10.6. The summed E-state index contributed by atoms with van der Waals surface area (Å²) < 4.78 is 11.2. The van der Waals surface area contributed by atoms with Gasteiger partial charge in [0.1, 0.15) is 5.10 Å². The average Bonchev–Trinajstić information content (AvgIpc) is 3.05. The molecule has 20 heavy (non-hydrogen) atoms. The second-order valence-electron chi connectivity index (χ2n) is 4.56. The largest absolute Gasteiger partial charge is 0.347 e. The number of imidazole rings is 1. The highest BCUT2D eigenvalue weighted by atomic mass is 16.7. The van der Waals surface area contributed by atoms with Gasteiger partial charge in [-0.05, 0) is 0 Å². The van der Waals surface area contributed by atoms with Crippen LogP contribution < -0.4 is 5.32 Å². The molecule has 10 heteroatoms. The van der Waals surface area contributed by atoms with Gasteiger partial charge >= 0.3 is 0 Å². The van der Waals surface area contributed by atoms with Gasteiger partial charge in [0.2, 0.25) is 5.79 Å². The van der Waals surface area contributed by atoms with Crippen molar-refractivity contribution in [3.8, 4) is 0 Å². The minimum Gasteiger partial charge on any atom is -0.347 e. The molecule has 2 aliphatic heterocycles. The number of hydrogen-bond donors (Lipinski definition) is 2. The summed E-state index contributed by atoms with van der Waals surface area (Å²) in [4.78, 5) is 19.2. The maximum atomic E-state index is 10.6. The van der Waals surface area contributed by atoms with E-state index in [2.05, 4.69) is 20.4 Å². The number of H-pyrrole nitrogens is 1. The highest BCUT2D eigenvalue weighted by molar-refractivity contribution is 5.80. The number of hydrogen-bond acceptors (Lipinski definition) is 5. The Bertz CT molecular complexity index is 510. The van der Waals surface area contributed by atoms with Crippen LogP contribution in [0.2, 0.25) is 0 Å². The van der Waals surface area contributed by atoms with Gasteiger partial charge in [-0.2, -0.15) is 0 Å². The Labute approximate surface area is 113 Å². The Kier molecular flexibility index (Phi) is 3.24. The smallest absolute Gasteiger partial charge is 0.272 e. The van der Waals surface area contributed by atoms with E-state index in [0.29, 0.717) is 32.8 Å². The molecular weight excluding hydrogens is 268 g/mol. The zero-order chi connectivity index (χ0) is 14.0. The van der Waals surface area contributed by atoms with Crippen LogP contribution in [0, 0.1) is 10.1 Å². The summed E-state index contributed by atoms with van der Waals surface area (Å²) in [6, 6.07) is 0. The first-order chi connectivity index (χ1) is 9.67. The number of nitrogens with zero attached hydrogens (tertiary/aromatic N) is 4. The van der Waals surface area contributed by atoms with E-state index in [0.717, 1.165) is 5.69 Å². The van der Waals surface area contributed by atoms with Crippen LogP contribution in [0.3, 0.4) is 0 Å². The summed E-state index contributed by atoms with van der Waals surface area (Å²) in [6.07, 6.45) is 3.21. The molecule has 0 aromatic carbocycles. The van der Waals surface area contributed by atoms with Crippen LogP contribution in [-0.4, -0.2) is 58.0 Å². The number of hydrazone groups is 1.